The van der Waals surface area contributed by atoms with Crippen LogP contribution in [0.5, 0.6) is 0 Å². The highest BCUT2D eigenvalue weighted by atomic mass is 16.6. The fourth-order valence-corrected chi connectivity index (χ4v) is 1.63. The van der Waals surface area contributed by atoms with E-state index in [9.17, 15) is 10.1 Å². The Morgan fingerprint density at radius 2 is 1.93 bits per heavy atom. The van der Waals surface area contributed by atoms with Crippen molar-refractivity contribution in [3.05, 3.63) is 22.3 Å². The molecule has 0 spiro atoms. The molecule has 1 unspecified atom stereocenters. The van der Waals surface area contributed by atoms with Gasteiger partial charge in [-0.1, -0.05) is 31.9 Å². The first-order valence-electron chi connectivity index (χ1n) is 5.89. The summed E-state index contributed by atoms with van der Waals surface area (Å²) in [6, 6.07) is 0. The van der Waals surface area contributed by atoms with Gasteiger partial charge in [0.1, 0.15) is 0 Å². The first-order valence-corrected chi connectivity index (χ1v) is 5.89. The van der Waals surface area contributed by atoms with E-state index in [2.05, 4.69) is 19.1 Å². The van der Waals surface area contributed by atoms with Crippen molar-refractivity contribution >= 4 is 0 Å². The van der Waals surface area contributed by atoms with Gasteiger partial charge < -0.3 is 0 Å². The van der Waals surface area contributed by atoms with E-state index >= 15 is 0 Å². The standard InChI is InChI=1S/C12H23NO2/c1-3-4-5-6-7-9-12(2)10-8-11-13(14)15/h3-4,12H,5-11H2,1-2H3/b4-3-. The van der Waals surface area contributed by atoms with Crippen LogP contribution in [-0.4, -0.2) is 11.5 Å². The summed E-state index contributed by atoms with van der Waals surface area (Å²) < 4.78 is 0. The lowest BCUT2D eigenvalue weighted by Gasteiger charge is -2.08. The molecule has 0 saturated carbocycles. The van der Waals surface area contributed by atoms with Gasteiger partial charge in [-0.25, -0.2) is 0 Å². The van der Waals surface area contributed by atoms with Crippen molar-refractivity contribution in [1.82, 2.24) is 0 Å². The van der Waals surface area contributed by atoms with Gasteiger partial charge in [-0.15, -0.1) is 0 Å². The van der Waals surface area contributed by atoms with Crippen LogP contribution in [0.15, 0.2) is 12.2 Å². The van der Waals surface area contributed by atoms with Crippen LogP contribution in [0.2, 0.25) is 0 Å². The Morgan fingerprint density at radius 1 is 1.27 bits per heavy atom. The van der Waals surface area contributed by atoms with Crippen molar-refractivity contribution in [3.63, 3.8) is 0 Å². The van der Waals surface area contributed by atoms with E-state index in [0.717, 1.165) is 19.3 Å². The molecule has 0 heterocycles. The molecular formula is C12H23NO2. The third-order valence-corrected chi connectivity index (χ3v) is 2.59. The molecule has 88 valence electrons. The highest BCUT2D eigenvalue weighted by Gasteiger charge is 2.04. The van der Waals surface area contributed by atoms with Crippen molar-refractivity contribution in [2.45, 2.75) is 52.4 Å². The van der Waals surface area contributed by atoms with Gasteiger partial charge in [0.2, 0.25) is 6.54 Å². The minimum absolute atomic E-state index is 0.128. The van der Waals surface area contributed by atoms with Crippen LogP contribution < -0.4 is 0 Å². The molecule has 0 bridgehead atoms. The van der Waals surface area contributed by atoms with E-state index in [0.29, 0.717) is 5.92 Å². The molecule has 0 N–H and O–H groups in total. The van der Waals surface area contributed by atoms with E-state index in [-0.39, 0.29) is 11.5 Å². The summed E-state index contributed by atoms with van der Waals surface area (Å²) in [6.07, 6.45) is 10.8. The number of rotatable bonds is 9. The molecule has 0 rings (SSSR count). The largest absolute Gasteiger partial charge is 0.265 e. The zero-order valence-electron chi connectivity index (χ0n) is 9.95. The molecule has 0 fully saturated rings. The maximum Gasteiger partial charge on any atom is 0.203 e. The minimum atomic E-state index is -0.223. The molecular weight excluding hydrogens is 190 g/mol. The molecule has 0 aliphatic carbocycles. The molecule has 0 saturated heterocycles. The van der Waals surface area contributed by atoms with Crippen molar-refractivity contribution in [3.8, 4) is 0 Å². The van der Waals surface area contributed by atoms with E-state index in [1.807, 2.05) is 6.92 Å². The first-order chi connectivity index (χ1) is 7.16. The smallest absolute Gasteiger partial charge is 0.203 e. The Balaban J connectivity index is 3.25. The van der Waals surface area contributed by atoms with Gasteiger partial charge >= 0.3 is 0 Å². The maximum atomic E-state index is 10.1. The predicted molar refractivity (Wildman–Crippen MR) is 63.5 cm³/mol. The van der Waals surface area contributed by atoms with E-state index < -0.39 is 0 Å². The van der Waals surface area contributed by atoms with Crippen LogP contribution in [0.25, 0.3) is 0 Å². The molecule has 3 heteroatoms. The van der Waals surface area contributed by atoms with Crippen LogP contribution in [0.3, 0.4) is 0 Å². The zero-order chi connectivity index (χ0) is 11.5. The normalized spacial score (nSPS) is 13.2. The number of allylic oxidation sites excluding steroid dienone is 2. The number of hydrogen-bond donors (Lipinski definition) is 0. The highest BCUT2D eigenvalue weighted by molar-refractivity contribution is 4.76. The van der Waals surface area contributed by atoms with Crippen molar-refractivity contribution in [2.24, 2.45) is 5.92 Å². The fourth-order valence-electron chi connectivity index (χ4n) is 1.63. The molecule has 0 aliphatic heterocycles. The monoisotopic (exact) mass is 213 g/mol. The third-order valence-electron chi connectivity index (χ3n) is 2.59. The van der Waals surface area contributed by atoms with Gasteiger partial charge in [0, 0.05) is 11.3 Å². The summed E-state index contributed by atoms with van der Waals surface area (Å²) in [4.78, 5) is 9.89. The average Bonchev–Trinajstić information content (AvgIpc) is 2.17. The summed E-state index contributed by atoms with van der Waals surface area (Å²) in [5.41, 5.74) is 0. The molecule has 0 aromatic heterocycles. The highest BCUT2D eigenvalue weighted by Crippen LogP contribution is 2.14. The van der Waals surface area contributed by atoms with Crippen LogP contribution in [0, 0.1) is 16.0 Å². The van der Waals surface area contributed by atoms with Crippen LogP contribution in [0.1, 0.15) is 52.4 Å². The second-order valence-electron chi connectivity index (χ2n) is 4.16. The zero-order valence-corrected chi connectivity index (χ0v) is 9.95. The lowest BCUT2D eigenvalue weighted by atomic mass is 9.98. The molecule has 0 amide bonds. The second-order valence-corrected chi connectivity index (χ2v) is 4.16. The SMILES string of the molecule is C/C=C\CCCCC(C)CCC[N+](=O)[O-]. The average molecular weight is 213 g/mol. The van der Waals surface area contributed by atoms with E-state index in [1.54, 1.807) is 0 Å². The van der Waals surface area contributed by atoms with Crippen LogP contribution in [-0.2, 0) is 0 Å². The molecule has 0 radical (unpaired) electrons. The van der Waals surface area contributed by atoms with Crippen molar-refractivity contribution < 1.29 is 4.92 Å². The summed E-state index contributed by atoms with van der Waals surface area (Å²) in [5.74, 6) is 0.635. The van der Waals surface area contributed by atoms with E-state index in [1.165, 1.54) is 19.3 Å². The third kappa shape index (κ3) is 11.1. The van der Waals surface area contributed by atoms with Crippen molar-refractivity contribution in [2.75, 3.05) is 6.54 Å². The number of nitrogens with zero attached hydrogens (tertiary/aromatic N) is 1. The molecule has 0 aromatic rings. The van der Waals surface area contributed by atoms with Crippen molar-refractivity contribution in [1.29, 1.82) is 0 Å². The first kappa shape index (κ1) is 14.1. The van der Waals surface area contributed by atoms with Gasteiger partial charge in [-0.05, 0) is 32.1 Å². The Bertz CT molecular complexity index is 190. The molecule has 3 nitrogen and oxygen atoms in total. The van der Waals surface area contributed by atoms with Gasteiger partial charge in [0.05, 0.1) is 0 Å². The molecule has 1 atom stereocenters. The Hall–Kier alpha value is -0.860. The summed E-state index contributed by atoms with van der Waals surface area (Å²) in [5, 5.41) is 10.1. The fraction of sp³-hybridized carbons (Fsp3) is 0.833. The Kier molecular flexibility index (Phi) is 9.13. The number of nitro groups is 1. The number of unbranched alkanes of at least 4 members (excludes halogenated alkanes) is 2. The Morgan fingerprint density at radius 3 is 2.53 bits per heavy atom. The predicted octanol–water partition coefficient (Wildman–Crippen LogP) is 3.82. The van der Waals surface area contributed by atoms with Gasteiger partial charge in [0.25, 0.3) is 0 Å². The quantitative estimate of drug-likeness (QED) is 0.253. The van der Waals surface area contributed by atoms with Gasteiger partial charge in [-0.2, -0.15) is 0 Å². The minimum Gasteiger partial charge on any atom is -0.265 e. The lowest BCUT2D eigenvalue weighted by molar-refractivity contribution is -0.480. The van der Waals surface area contributed by atoms with E-state index in [4.69, 9.17) is 0 Å². The lowest BCUT2D eigenvalue weighted by Crippen LogP contribution is -2.03. The van der Waals surface area contributed by atoms with Crippen LogP contribution in [0.4, 0.5) is 0 Å². The summed E-state index contributed by atoms with van der Waals surface area (Å²) >= 11 is 0. The molecule has 0 aromatic carbocycles. The maximum absolute atomic E-state index is 10.1. The summed E-state index contributed by atoms with van der Waals surface area (Å²) in [7, 11) is 0. The number of hydrogen-bond acceptors (Lipinski definition) is 2. The van der Waals surface area contributed by atoms with Crippen LogP contribution >= 0.6 is 0 Å². The molecule has 15 heavy (non-hydrogen) atoms. The summed E-state index contributed by atoms with van der Waals surface area (Å²) in [6.45, 7) is 4.36. The Labute approximate surface area is 92.7 Å². The van der Waals surface area contributed by atoms with Gasteiger partial charge in [-0.3, -0.25) is 10.1 Å². The molecule has 0 aliphatic rings. The van der Waals surface area contributed by atoms with Gasteiger partial charge in [0.15, 0.2) is 0 Å². The topological polar surface area (TPSA) is 43.1 Å². The second kappa shape index (κ2) is 9.69.